The summed E-state index contributed by atoms with van der Waals surface area (Å²) in [6.07, 6.45) is 0. The third-order valence-electron chi connectivity index (χ3n) is 2.17. The molecule has 1 rings (SSSR count). The number of hydrogen-bond acceptors (Lipinski definition) is 6. The van der Waals surface area contributed by atoms with Crippen LogP contribution in [0.2, 0.25) is 0 Å². The molecule has 9 heteroatoms. The van der Waals surface area contributed by atoms with Crippen molar-refractivity contribution in [3.8, 4) is 0 Å². The van der Waals surface area contributed by atoms with E-state index in [2.05, 4.69) is 25.6 Å². The number of anilines is 1. The fourth-order valence-corrected chi connectivity index (χ4v) is 2.22. The van der Waals surface area contributed by atoms with E-state index in [1.807, 2.05) is 0 Å². The van der Waals surface area contributed by atoms with Crippen molar-refractivity contribution in [2.45, 2.75) is 6.92 Å². The molecule has 0 aliphatic heterocycles. The SMILES string of the molecule is CCNS(=O)(=O)CCNC(=O)c1ccc(NC)nn1. The molecular weight excluding hydrogens is 270 g/mol. The van der Waals surface area contributed by atoms with Gasteiger partial charge >= 0.3 is 0 Å². The summed E-state index contributed by atoms with van der Waals surface area (Å²) in [6.45, 7) is 2.03. The number of sulfonamides is 1. The highest BCUT2D eigenvalue weighted by Gasteiger charge is 2.11. The minimum absolute atomic E-state index is 0.0175. The number of carbonyl (C=O) groups is 1. The molecule has 0 unspecified atom stereocenters. The van der Waals surface area contributed by atoms with Gasteiger partial charge in [-0.2, -0.15) is 0 Å². The van der Waals surface area contributed by atoms with Gasteiger partial charge in [0.05, 0.1) is 5.75 Å². The summed E-state index contributed by atoms with van der Waals surface area (Å²) in [6, 6.07) is 3.12. The number of rotatable bonds is 7. The van der Waals surface area contributed by atoms with Crippen molar-refractivity contribution >= 4 is 21.7 Å². The molecule has 1 aromatic rings. The molecule has 106 valence electrons. The van der Waals surface area contributed by atoms with Crippen molar-refractivity contribution < 1.29 is 13.2 Å². The van der Waals surface area contributed by atoms with Gasteiger partial charge in [-0.1, -0.05) is 6.92 Å². The Morgan fingerprint density at radius 1 is 1.32 bits per heavy atom. The molecule has 1 heterocycles. The standard InChI is InChI=1S/C10H17N5O3S/c1-3-13-19(17,18)7-6-12-10(16)8-4-5-9(11-2)15-14-8/h4-5,13H,3,6-7H2,1-2H3,(H,11,15)(H,12,16). The number of amides is 1. The van der Waals surface area contributed by atoms with E-state index in [1.165, 1.54) is 6.07 Å². The van der Waals surface area contributed by atoms with Gasteiger partial charge < -0.3 is 10.6 Å². The van der Waals surface area contributed by atoms with Crippen molar-refractivity contribution in [3.63, 3.8) is 0 Å². The molecule has 0 atom stereocenters. The van der Waals surface area contributed by atoms with Crippen molar-refractivity contribution in [1.29, 1.82) is 0 Å². The Morgan fingerprint density at radius 3 is 2.58 bits per heavy atom. The van der Waals surface area contributed by atoms with Gasteiger partial charge in [-0.25, -0.2) is 13.1 Å². The van der Waals surface area contributed by atoms with Crippen LogP contribution in [0.25, 0.3) is 0 Å². The van der Waals surface area contributed by atoms with Crippen LogP contribution >= 0.6 is 0 Å². The van der Waals surface area contributed by atoms with Gasteiger partial charge in [-0.05, 0) is 12.1 Å². The van der Waals surface area contributed by atoms with Crippen molar-refractivity contribution in [3.05, 3.63) is 17.8 Å². The maximum absolute atomic E-state index is 11.6. The number of aromatic nitrogens is 2. The first kappa shape index (κ1) is 15.3. The molecule has 8 nitrogen and oxygen atoms in total. The van der Waals surface area contributed by atoms with Gasteiger partial charge in [-0.3, -0.25) is 4.79 Å². The number of hydrogen-bond donors (Lipinski definition) is 3. The Balaban J connectivity index is 2.47. The summed E-state index contributed by atoms with van der Waals surface area (Å²) in [5.74, 6) is -0.0812. The van der Waals surface area contributed by atoms with Gasteiger partial charge in [0.15, 0.2) is 5.69 Å². The number of carbonyl (C=O) groups excluding carboxylic acids is 1. The first-order valence-electron chi connectivity index (χ1n) is 5.75. The molecule has 0 bridgehead atoms. The molecule has 0 saturated heterocycles. The Hall–Kier alpha value is -1.74. The quantitative estimate of drug-likeness (QED) is 0.604. The second-order valence-electron chi connectivity index (χ2n) is 3.63. The van der Waals surface area contributed by atoms with Crippen LogP contribution in [0.5, 0.6) is 0 Å². The Morgan fingerprint density at radius 2 is 2.05 bits per heavy atom. The van der Waals surface area contributed by atoms with Crippen molar-refractivity contribution in [1.82, 2.24) is 20.2 Å². The minimum Gasteiger partial charge on any atom is -0.372 e. The van der Waals surface area contributed by atoms with Crippen LogP contribution in [0.1, 0.15) is 17.4 Å². The first-order chi connectivity index (χ1) is 8.98. The van der Waals surface area contributed by atoms with Gasteiger partial charge in [0.25, 0.3) is 5.91 Å². The van der Waals surface area contributed by atoms with Crippen LogP contribution in [0.4, 0.5) is 5.82 Å². The summed E-state index contributed by atoms with van der Waals surface area (Å²) in [7, 11) is -1.64. The smallest absolute Gasteiger partial charge is 0.271 e. The fraction of sp³-hybridized carbons (Fsp3) is 0.500. The summed E-state index contributed by atoms with van der Waals surface area (Å²) in [4.78, 5) is 11.6. The second kappa shape index (κ2) is 7.00. The molecule has 0 spiro atoms. The molecule has 0 fully saturated rings. The summed E-state index contributed by atoms with van der Waals surface area (Å²) < 4.78 is 25.0. The Kier molecular flexibility index (Phi) is 5.64. The monoisotopic (exact) mass is 287 g/mol. The third kappa shape index (κ3) is 5.18. The lowest BCUT2D eigenvalue weighted by atomic mass is 10.3. The molecule has 19 heavy (non-hydrogen) atoms. The number of nitrogens with one attached hydrogen (secondary N) is 3. The first-order valence-corrected chi connectivity index (χ1v) is 7.40. The summed E-state index contributed by atoms with van der Waals surface area (Å²) >= 11 is 0. The maximum Gasteiger partial charge on any atom is 0.271 e. The molecule has 1 aromatic heterocycles. The summed E-state index contributed by atoms with van der Waals surface area (Å²) in [5, 5.41) is 12.7. The molecule has 3 N–H and O–H groups in total. The van der Waals surface area contributed by atoms with E-state index in [-0.39, 0.29) is 18.0 Å². The van der Waals surface area contributed by atoms with Gasteiger partial charge in [0.2, 0.25) is 10.0 Å². The molecule has 0 aliphatic carbocycles. The highest BCUT2D eigenvalue weighted by Crippen LogP contribution is 2.00. The highest BCUT2D eigenvalue weighted by molar-refractivity contribution is 7.89. The predicted molar refractivity (Wildman–Crippen MR) is 71.4 cm³/mol. The van der Waals surface area contributed by atoms with E-state index in [0.717, 1.165) is 0 Å². The zero-order valence-electron chi connectivity index (χ0n) is 10.8. The maximum atomic E-state index is 11.6. The van der Waals surface area contributed by atoms with Crippen LogP contribution in [0, 0.1) is 0 Å². The largest absolute Gasteiger partial charge is 0.372 e. The van der Waals surface area contributed by atoms with Gasteiger partial charge in [0, 0.05) is 20.1 Å². The average Bonchev–Trinajstić information content (AvgIpc) is 2.38. The summed E-state index contributed by atoms with van der Waals surface area (Å²) in [5.41, 5.74) is 0.139. The van der Waals surface area contributed by atoms with E-state index in [9.17, 15) is 13.2 Å². The van der Waals surface area contributed by atoms with E-state index in [1.54, 1.807) is 20.0 Å². The van der Waals surface area contributed by atoms with E-state index >= 15 is 0 Å². The van der Waals surface area contributed by atoms with Crippen LogP contribution in [-0.2, 0) is 10.0 Å². The normalized spacial score (nSPS) is 11.1. The van der Waals surface area contributed by atoms with E-state index < -0.39 is 15.9 Å². The van der Waals surface area contributed by atoms with Crippen molar-refractivity contribution in [2.24, 2.45) is 0 Å². The third-order valence-corrected chi connectivity index (χ3v) is 3.64. The lowest BCUT2D eigenvalue weighted by molar-refractivity contribution is 0.0950. The van der Waals surface area contributed by atoms with Gasteiger partial charge in [0.1, 0.15) is 5.82 Å². The average molecular weight is 287 g/mol. The zero-order chi connectivity index (χ0) is 14.3. The van der Waals surface area contributed by atoms with E-state index in [4.69, 9.17) is 0 Å². The van der Waals surface area contributed by atoms with Gasteiger partial charge in [-0.15, -0.1) is 10.2 Å². The zero-order valence-corrected chi connectivity index (χ0v) is 11.6. The molecule has 0 radical (unpaired) electrons. The molecule has 1 amide bonds. The minimum atomic E-state index is -3.33. The van der Waals surface area contributed by atoms with Crippen LogP contribution in [0.15, 0.2) is 12.1 Å². The second-order valence-corrected chi connectivity index (χ2v) is 5.55. The lowest BCUT2D eigenvalue weighted by Crippen LogP contribution is -2.34. The highest BCUT2D eigenvalue weighted by atomic mass is 32.2. The van der Waals surface area contributed by atoms with Crippen LogP contribution < -0.4 is 15.4 Å². The Bertz CT molecular complexity index is 514. The topological polar surface area (TPSA) is 113 Å². The van der Waals surface area contributed by atoms with E-state index in [0.29, 0.717) is 12.4 Å². The predicted octanol–water partition coefficient (Wildman–Crippen LogP) is -0.813. The fourth-order valence-electron chi connectivity index (χ4n) is 1.27. The molecule has 0 saturated carbocycles. The lowest BCUT2D eigenvalue weighted by Gasteiger charge is -2.06. The Labute approximate surface area is 112 Å². The molecular formula is C10H17N5O3S. The molecule has 0 aliphatic rings. The van der Waals surface area contributed by atoms with Crippen LogP contribution in [0.3, 0.4) is 0 Å². The van der Waals surface area contributed by atoms with Crippen molar-refractivity contribution in [2.75, 3.05) is 31.2 Å². The van der Waals surface area contributed by atoms with Crippen LogP contribution in [-0.4, -0.2) is 50.4 Å². The molecule has 0 aromatic carbocycles. The number of nitrogens with zero attached hydrogens (tertiary/aromatic N) is 2.